The van der Waals surface area contributed by atoms with Gasteiger partial charge in [-0.05, 0) is 36.8 Å². The summed E-state index contributed by atoms with van der Waals surface area (Å²) < 4.78 is 15.9. The summed E-state index contributed by atoms with van der Waals surface area (Å²) >= 11 is 6.03. The molecule has 2 N–H and O–H groups in total. The zero-order valence-electron chi connectivity index (χ0n) is 14.9. The Bertz CT molecular complexity index is 811. The summed E-state index contributed by atoms with van der Waals surface area (Å²) in [6, 6.07) is 10.1. The van der Waals surface area contributed by atoms with Crippen molar-refractivity contribution >= 4 is 23.5 Å². The molecule has 2 rings (SSSR count). The number of carbonyl (C=O) groups excluding carboxylic acids is 1. The average Bonchev–Trinajstić information content (AvgIpc) is 2.65. The molecule has 1 unspecified atom stereocenters. The number of hydrogen-bond acceptors (Lipinski definition) is 5. The van der Waals surface area contributed by atoms with Gasteiger partial charge in [0.2, 0.25) is 0 Å². The molecule has 27 heavy (non-hydrogen) atoms. The number of ether oxygens (including phenoxy) is 3. The number of carboxylic acid groups (broad SMARTS) is 1. The van der Waals surface area contributed by atoms with Gasteiger partial charge in [0.15, 0.2) is 24.1 Å². The van der Waals surface area contributed by atoms with Gasteiger partial charge in [-0.1, -0.05) is 29.8 Å². The number of para-hydroxylation sites is 2. The summed E-state index contributed by atoms with van der Waals surface area (Å²) in [5.41, 5.74) is 0.316. The van der Waals surface area contributed by atoms with E-state index >= 15 is 0 Å². The van der Waals surface area contributed by atoms with Gasteiger partial charge in [-0.3, -0.25) is 4.79 Å². The molecular formula is C19H20ClNO6. The maximum absolute atomic E-state index is 12.2. The lowest BCUT2D eigenvalue weighted by molar-refractivity contribution is -0.142. The Morgan fingerprint density at radius 3 is 2.33 bits per heavy atom. The van der Waals surface area contributed by atoms with Gasteiger partial charge in [-0.25, -0.2) is 4.79 Å². The minimum Gasteiger partial charge on any atom is -0.495 e. The minimum absolute atomic E-state index is 0.248. The van der Waals surface area contributed by atoms with E-state index in [-0.39, 0.29) is 11.6 Å². The van der Waals surface area contributed by atoms with Crippen molar-refractivity contribution < 1.29 is 28.9 Å². The highest BCUT2D eigenvalue weighted by atomic mass is 35.5. The summed E-state index contributed by atoms with van der Waals surface area (Å²) in [7, 11) is 1.45. The van der Waals surface area contributed by atoms with Crippen LogP contribution in [0.25, 0.3) is 0 Å². The molecule has 8 heteroatoms. The molecule has 0 aliphatic rings. The summed E-state index contributed by atoms with van der Waals surface area (Å²) in [6.07, 6.45) is 0. The Morgan fingerprint density at radius 2 is 1.78 bits per heavy atom. The van der Waals surface area contributed by atoms with E-state index in [2.05, 4.69) is 5.32 Å². The lowest BCUT2D eigenvalue weighted by Crippen LogP contribution is -2.36. The summed E-state index contributed by atoms with van der Waals surface area (Å²) in [5.74, 6) is -0.509. The van der Waals surface area contributed by atoms with E-state index in [0.29, 0.717) is 29.4 Å². The van der Waals surface area contributed by atoms with Crippen LogP contribution < -0.4 is 19.5 Å². The first-order valence-corrected chi connectivity index (χ1v) is 8.54. The van der Waals surface area contributed by atoms with E-state index in [1.807, 2.05) is 6.92 Å². The first-order valence-electron chi connectivity index (χ1n) is 8.16. The molecule has 1 amide bonds. The maximum atomic E-state index is 12.2. The first kappa shape index (κ1) is 20.4. The Kier molecular flexibility index (Phi) is 7.31. The summed E-state index contributed by atoms with van der Waals surface area (Å²) in [4.78, 5) is 23.7. The Hall–Kier alpha value is -2.93. The van der Waals surface area contributed by atoms with Crippen LogP contribution in [-0.2, 0) is 9.59 Å². The van der Waals surface area contributed by atoms with Crippen LogP contribution >= 0.6 is 11.6 Å². The number of carboxylic acids is 1. The van der Waals surface area contributed by atoms with E-state index < -0.39 is 17.9 Å². The molecule has 0 bridgehead atoms. The van der Waals surface area contributed by atoms with Crippen molar-refractivity contribution in [2.24, 2.45) is 0 Å². The van der Waals surface area contributed by atoms with E-state index in [4.69, 9.17) is 25.8 Å². The second-order valence-electron chi connectivity index (χ2n) is 5.40. The van der Waals surface area contributed by atoms with Gasteiger partial charge in [0.1, 0.15) is 5.75 Å². The minimum atomic E-state index is -1.27. The fourth-order valence-electron chi connectivity index (χ4n) is 2.34. The number of nitrogens with one attached hydrogen (secondary N) is 1. The Labute approximate surface area is 161 Å². The number of benzene rings is 2. The highest BCUT2D eigenvalue weighted by Crippen LogP contribution is 2.28. The topological polar surface area (TPSA) is 94.1 Å². The number of carbonyl (C=O) groups is 2. The van der Waals surface area contributed by atoms with Crippen molar-refractivity contribution in [2.45, 2.75) is 13.0 Å². The average molecular weight is 394 g/mol. The van der Waals surface area contributed by atoms with Gasteiger partial charge in [-0.2, -0.15) is 0 Å². The zero-order chi connectivity index (χ0) is 19.8. The summed E-state index contributed by atoms with van der Waals surface area (Å²) in [6.45, 7) is 1.92. The van der Waals surface area contributed by atoms with Gasteiger partial charge >= 0.3 is 5.97 Å². The smallest absolute Gasteiger partial charge is 0.330 e. The highest BCUT2D eigenvalue weighted by Gasteiger charge is 2.23. The van der Waals surface area contributed by atoms with E-state index in [1.54, 1.807) is 24.3 Å². The molecule has 2 aromatic carbocycles. The van der Waals surface area contributed by atoms with Crippen molar-refractivity contribution in [2.75, 3.05) is 20.3 Å². The lowest BCUT2D eigenvalue weighted by atomic mass is 10.1. The van der Waals surface area contributed by atoms with E-state index in [9.17, 15) is 14.7 Å². The molecule has 144 valence electrons. The Balaban J connectivity index is 2.05. The van der Waals surface area contributed by atoms with Gasteiger partial charge in [-0.15, -0.1) is 0 Å². The molecule has 7 nitrogen and oxygen atoms in total. The van der Waals surface area contributed by atoms with Crippen LogP contribution in [0, 0.1) is 0 Å². The van der Waals surface area contributed by atoms with Gasteiger partial charge < -0.3 is 24.6 Å². The molecule has 0 saturated carbocycles. The fourth-order valence-corrected chi connectivity index (χ4v) is 2.61. The van der Waals surface area contributed by atoms with Crippen molar-refractivity contribution in [3.63, 3.8) is 0 Å². The van der Waals surface area contributed by atoms with Crippen molar-refractivity contribution in [3.05, 3.63) is 53.1 Å². The van der Waals surface area contributed by atoms with Crippen LogP contribution in [0.2, 0.25) is 5.02 Å². The van der Waals surface area contributed by atoms with Crippen LogP contribution in [0.3, 0.4) is 0 Å². The second-order valence-corrected chi connectivity index (χ2v) is 5.81. The molecule has 1 atom stereocenters. The second kappa shape index (κ2) is 9.68. The van der Waals surface area contributed by atoms with Crippen LogP contribution in [-0.4, -0.2) is 37.3 Å². The van der Waals surface area contributed by atoms with Crippen molar-refractivity contribution in [1.29, 1.82) is 0 Å². The number of hydrogen-bond donors (Lipinski definition) is 2. The fraction of sp³-hybridized carbons (Fsp3) is 0.263. The number of methoxy groups -OCH3 is 1. The van der Waals surface area contributed by atoms with Crippen LogP contribution in [0.1, 0.15) is 18.5 Å². The number of aliphatic carboxylic acids is 1. The summed E-state index contributed by atoms with van der Waals surface area (Å²) in [5, 5.41) is 12.1. The zero-order valence-corrected chi connectivity index (χ0v) is 15.7. The van der Waals surface area contributed by atoms with Crippen LogP contribution in [0.5, 0.6) is 17.2 Å². The van der Waals surface area contributed by atoms with Gasteiger partial charge in [0.25, 0.3) is 5.91 Å². The van der Waals surface area contributed by atoms with Crippen molar-refractivity contribution in [1.82, 2.24) is 5.32 Å². The molecule has 0 radical (unpaired) electrons. The molecule has 0 aliphatic carbocycles. The molecule has 0 fully saturated rings. The van der Waals surface area contributed by atoms with E-state index in [1.165, 1.54) is 25.3 Å². The molecule has 0 spiro atoms. The van der Waals surface area contributed by atoms with Crippen molar-refractivity contribution in [3.8, 4) is 17.2 Å². The van der Waals surface area contributed by atoms with Crippen LogP contribution in [0.4, 0.5) is 0 Å². The highest BCUT2D eigenvalue weighted by molar-refractivity contribution is 6.32. The Morgan fingerprint density at radius 1 is 1.11 bits per heavy atom. The predicted octanol–water partition coefficient (Wildman–Crippen LogP) is 3.07. The molecule has 0 aromatic heterocycles. The third-order valence-corrected chi connectivity index (χ3v) is 3.86. The molecule has 0 heterocycles. The molecule has 0 aliphatic heterocycles. The predicted molar refractivity (Wildman–Crippen MR) is 99.6 cm³/mol. The SMILES string of the molecule is CCOc1ccccc1OCC(=O)NC(C(=O)O)c1ccc(OC)c(Cl)c1. The molecule has 2 aromatic rings. The standard InChI is InChI=1S/C19H20ClNO6/c1-3-26-15-6-4-5-7-16(15)27-11-17(22)21-18(19(23)24)12-8-9-14(25-2)13(20)10-12/h4-10,18H,3,11H2,1-2H3,(H,21,22)(H,23,24). The maximum Gasteiger partial charge on any atom is 0.330 e. The van der Waals surface area contributed by atoms with E-state index in [0.717, 1.165) is 0 Å². The number of halogens is 1. The van der Waals surface area contributed by atoms with Gasteiger partial charge in [0.05, 0.1) is 18.7 Å². The largest absolute Gasteiger partial charge is 0.495 e. The molecular weight excluding hydrogens is 374 g/mol. The lowest BCUT2D eigenvalue weighted by Gasteiger charge is -2.17. The number of rotatable bonds is 9. The van der Waals surface area contributed by atoms with Crippen LogP contribution in [0.15, 0.2) is 42.5 Å². The molecule has 0 saturated heterocycles. The normalized spacial score (nSPS) is 11.4. The van der Waals surface area contributed by atoms with Gasteiger partial charge in [0, 0.05) is 0 Å². The quantitative estimate of drug-likeness (QED) is 0.680. The monoisotopic (exact) mass is 393 g/mol. The third-order valence-electron chi connectivity index (χ3n) is 3.57. The first-order chi connectivity index (χ1) is 13.0. The number of amides is 1. The third kappa shape index (κ3) is 5.52.